The summed E-state index contributed by atoms with van der Waals surface area (Å²) in [6.45, 7) is 0.220. The number of esters is 1. The number of carbonyl (C=O) groups is 1. The Hall–Kier alpha value is -0.670. The van der Waals surface area contributed by atoms with E-state index in [9.17, 15) is 21.6 Å². The van der Waals surface area contributed by atoms with Crippen LogP contribution in [0.3, 0.4) is 0 Å². The molecule has 0 aromatic rings. The Kier molecular flexibility index (Phi) is 4.49. The normalized spacial score (nSPS) is 36.5. The van der Waals surface area contributed by atoms with Gasteiger partial charge in [-0.05, 0) is 56.3 Å². The molecule has 9 heteroatoms. The van der Waals surface area contributed by atoms with Crippen molar-refractivity contribution in [2.75, 3.05) is 12.9 Å². The van der Waals surface area contributed by atoms with Gasteiger partial charge in [0.05, 0.1) is 13.0 Å². The van der Waals surface area contributed by atoms with Crippen LogP contribution in [0, 0.1) is 23.2 Å². The lowest BCUT2D eigenvalue weighted by atomic mass is 9.50. The Morgan fingerprint density at radius 2 is 1.54 bits per heavy atom. The molecule has 0 aromatic carbocycles. The highest BCUT2D eigenvalue weighted by atomic mass is 32.3. The predicted octanol–water partition coefficient (Wildman–Crippen LogP) is 1.39. The average molecular weight is 380 g/mol. The zero-order valence-electron chi connectivity index (χ0n) is 13.7. The first-order chi connectivity index (χ1) is 11.0. The zero-order valence-corrected chi connectivity index (χ0v) is 15.3. The standard InChI is InChI=1S/C15H24O7S2/c1-23(17,18)14(24(19,20)21)5-13(16)22-9-15-6-10-2-11(7-15)4-12(3-10)8-15/h10-12,14H,2-9H2,1H3,(H,19,20,21). The van der Waals surface area contributed by atoms with Crippen LogP contribution in [0.1, 0.15) is 44.9 Å². The highest BCUT2D eigenvalue weighted by molar-refractivity contribution is 8.06. The minimum atomic E-state index is -4.87. The second-order valence-electron chi connectivity index (χ2n) is 8.06. The second kappa shape index (κ2) is 5.95. The van der Waals surface area contributed by atoms with Gasteiger partial charge in [0.2, 0.25) is 0 Å². The van der Waals surface area contributed by atoms with E-state index in [2.05, 4.69) is 0 Å². The number of hydrogen-bond donors (Lipinski definition) is 1. The molecular formula is C15H24O7S2. The van der Waals surface area contributed by atoms with Crippen molar-refractivity contribution in [2.24, 2.45) is 23.2 Å². The van der Waals surface area contributed by atoms with Crippen LogP contribution >= 0.6 is 0 Å². The average Bonchev–Trinajstić information content (AvgIpc) is 2.38. The molecule has 0 radical (unpaired) electrons. The molecule has 1 N–H and O–H groups in total. The van der Waals surface area contributed by atoms with Gasteiger partial charge in [-0.3, -0.25) is 9.35 Å². The highest BCUT2D eigenvalue weighted by Gasteiger charge is 2.51. The van der Waals surface area contributed by atoms with E-state index >= 15 is 0 Å². The fourth-order valence-electron chi connectivity index (χ4n) is 5.37. The second-order valence-corrected chi connectivity index (χ2v) is 12.2. The van der Waals surface area contributed by atoms with Crippen molar-refractivity contribution in [2.45, 2.75) is 49.5 Å². The van der Waals surface area contributed by atoms with Crippen LogP contribution in [-0.2, 0) is 29.5 Å². The first-order valence-corrected chi connectivity index (χ1v) is 11.7. The van der Waals surface area contributed by atoms with Gasteiger partial charge in [0.15, 0.2) is 14.4 Å². The number of sulfone groups is 1. The van der Waals surface area contributed by atoms with Crippen molar-refractivity contribution in [3.8, 4) is 0 Å². The molecule has 4 rings (SSSR count). The third kappa shape index (κ3) is 3.77. The lowest BCUT2D eigenvalue weighted by molar-refractivity contribution is -0.155. The molecule has 0 spiro atoms. The molecule has 4 aliphatic carbocycles. The van der Waals surface area contributed by atoms with Gasteiger partial charge < -0.3 is 4.74 Å². The van der Waals surface area contributed by atoms with E-state index in [-0.39, 0.29) is 12.0 Å². The van der Waals surface area contributed by atoms with Crippen LogP contribution in [0.25, 0.3) is 0 Å². The fraction of sp³-hybridized carbons (Fsp3) is 0.933. The van der Waals surface area contributed by atoms with Crippen LogP contribution in [-0.4, -0.2) is 44.8 Å². The molecule has 1 unspecified atom stereocenters. The maximum atomic E-state index is 12.0. The summed E-state index contributed by atoms with van der Waals surface area (Å²) in [4.78, 5) is 12.0. The Labute approximate surface area is 142 Å². The van der Waals surface area contributed by atoms with Gasteiger partial charge >= 0.3 is 5.97 Å². The van der Waals surface area contributed by atoms with Crippen molar-refractivity contribution in [3.05, 3.63) is 0 Å². The van der Waals surface area contributed by atoms with Crippen molar-refractivity contribution < 1.29 is 30.9 Å². The molecule has 7 nitrogen and oxygen atoms in total. The van der Waals surface area contributed by atoms with Gasteiger partial charge in [-0.2, -0.15) is 8.42 Å². The van der Waals surface area contributed by atoms with E-state index in [1.807, 2.05) is 0 Å². The van der Waals surface area contributed by atoms with Crippen molar-refractivity contribution in [1.29, 1.82) is 0 Å². The van der Waals surface area contributed by atoms with Crippen molar-refractivity contribution in [3.63, 3.8) is 0 Å². The quantitative estimate of drug-likeness (QED) is 0.547. The monoisotopic (exact) mass is 380 g/mol. The summed E-state index contributed by atoms with van der Waals surface area (Å²) >= 11 is 0. The predicted molar refractivity (Wildman–Crippen MR) is 86.4 cm³/mol. The van der Waals surface area contributed by atoms with Crippen LogP contribution in [0.2, 0.25) is 0 Å². The van der Waals surface area contributed by atoms with Gasteiger partial charge in [-0.25, -0.2) is 8.42 Å². The van der Waals surface area contributed by atoms with Crippen LogP contribution < -0.4 is 0 Å². The van der Waals surface area contributed by atoms with Crippen molar-refractivity contribution in [1.82, 2.24) is 0 Å². The van der Waals surface area contributed by atoms with Gasteiger partial charge in [0.1, 0.15) is 0 Å². The molecule has 24 heavy (non-hydrogen) atoms. The zero-order chi connectivity index (χ0) is 17.8. The fourth-order valence-corrected chi connectivity index (χ4v) is 7.93. The highest BCUT2D eigenvalue weighted by Crippen LogP contribution is 2.60. The Morgan fingerprint density at radius 1 is 1.08 bits per heavy atom. The largest absolute Gasteiger partial charge is 0.465 e. The molecule has 4 saturated carbocycles. The Bertz CT molecular complexity index is 656. The molecule has 4 fully saturated rings. The molecule has 0 heterocycles. The summed E-state index contributed by atoms with van der Waals surface area (Å²) in [6, 6.07) is 0. The first-order valence-electron chi connectivity index (χ1n) is 8.28. The molecule has 138 valence electrons. The molecule has 0 aromatic heterocycles. The lowest BCUT2D eigenvalue weighted by Crippen LogP contribution is -2.48. The number of carbonyl (C=O) groups excluding carboxylic acids is 1. The molecule has 0 saturated heterocycles. The molecule has 0 aliphatic heterocycles. The number of hydrogen-bond acceptors (Lipinski definition) is 6. The summed E-state index contributed by atoms with van der Waals surface area (Å²) in [6.07, 6.45) is 6.66. The third-order valence-electron chi connectivity index (χ3n) is 5.85. The molecule has 4 bridgehead atoms. The summed E-state index contributed by atoms with van der Waals surface area (Å²) in [7, 11) is -8.99. The van der Waals surface area contributed by atoms with Gasteiger partial charge in [0.25, 0.3) is 10.1 Å². The maximum Gasteiger partial charge on any atom is 0.308 e. The summed E-state index contributed by atoms with van der Waals surface area (Å²) < 4.78 is 57.6. The smallest absolute Gasteiger partial charge is 0.308 e. The van der Waals surface area contributed by atoms with Gasteiger partial charge in [-0.15, -0.1) is 0 Å². The summed E-state index contributed by atoms with van der Waals surface area (Å²) in [5.74, 6) is 1.18. The maximum absolute atomic E-state index is 12.0. The molecule has 4 aliphatic rings. The Balaban J connectivity index is 1.62. The van der Waals surface area contributed by atoms with Crippen LogP contribution in [0.4, 0.5) is 0 Å². The minimum absolute atomic E-state index is 0.0247. The van der Waals surface area contributed by atoms with Crippen LogP contribution in [0.15, 0.2) is 0 Å². The Morgan fingerprint density at radius 3 is 1.92 bits per heavy atom. The molecule has 0 amide bonds. The third-order valence-corrected chi connectivity index (χ3v) is 9.58. The lowest BCUT2D eigenvalue weighted by Gasteiger charge is -2.56. The topological polar surface area (TPSA) is 115 Å². The summed E-state index contributed by atoms with van der Waals surface area (Å²) in [5, 5.41) is 0. The van der Waals surface area contributed by atoms with E-state index in [0.29, 0.717) is 24.0 Å². The van der Waals surface area contributed by atoms with Gasteiger partial charge in [0, 0.05) is 11.7 Å². The summed E-state index contributed by atoms with van der Waals surface area (Å²) in [5.41, 5.74) is -0.0247. The van der Waals surface area contributed by atoms with Gasteiger partial charge in [-0.1, -0.05) is 0 Å². The van der Waals surface area contributed by atoms with E-state index in [0.717, 1.165) is 19.3 Å². The molecule has 1 atom stereocenters. The van der Waals surface area contributed by atoms with E-state index in [1.54, 1.807) is 0 Å². The first kappa shape index (κ1) is 18.1. The minimum Gasteiger partial charge on any atom is -0.465 e. The number of ether oxygens (including phenoxy) is 1. The van der Waals surface area contributed by atoms with E-state index in [1.165, 1.54) is 19.3 Å². The van der Waals surface area contributed by atoms with E-state index < -0.39 is 36.9 Å². The van der Waals surface area contributed by atoms with E-state index in [4.69, 9.17) is 9.29 Å². The molecular weight excluding hydrogens is 356 g/mol. The van der Waals surface area contributed by atoms with Crippen molar-refractivity contribution >= 4 is 25.9 Å². The SMILES string of the molecule is CS(=O)(=O)C(CC(=O)OCC12CC3CC(CC(C3)C1)C2)S(=O)(=O)O. The van der Waals surface area contributed by atoms with Crippen LogP contribution in [0.5, 0.6) is 0 Å². The number of rotatable bonds is 6.